The smallest absolute Gasteiger partial charge is 0.257 e. The maximum Gasteiger partial charge on any atom is 0.257 e. The number of aromatic nitrogens is 2. The highest BCUT2D eigenvalue weighted by Gasteiger charge is 2.18. The number of aromatic amines is 1. The van der Waals surface area contributed by atoms with Crippen LogP contribution in [0.4, 0.5) is 0 Å². The van der Waals surface area contributed by atoms with E-state index >= 15 is 0 Å². The van der Waals surface area contributed by atoms with E-state index in [2.05, 4.69) is 9.97 Å². The van der Waals surface area contributed by atoms with Crippen molar-refractivity contribution in [3.63, 3.8) is 0 Å². The summed E-state index contributed by atoms with van der Waals surface area (Å²) in [5.74, 6) is -0.466. The molecule has 18 heavy (non-hydrogen) atoms. The molecule has 2 aromatic rings. The average Bonchev–Trinajstić information content (AvgIpc) is 2.84. The number of hydrogen-bond acceptors (Lipinski definition) is 4. The normalized spacial score (nSPS) is 10.3. The predicted molar refractivity (Wildman–Crippen MR) is 64.2 cm³/mol. The van der Waals surface area contributed by atoms with E-state index in [-0.39, 0.29) is 17.2 Å². The fourth-order valence-corrected chi connectivity index (χ4v) is 1.59. The Labute approximate surface area is 104 Å². The first-order valence-electron chi connectivity index (χ1n) is 5.34. The van der Waals surface area contributed by atoms with Crippen molar-refractivity contribution in [3.05, 3.63) is 42.0 Å². The molecule has 0 atom stereocenters. The highest BCUT2D eigenvalue weighted by Crippen LogP contribution is 2.28. The van der Waals surface area contributed by atoms with Crippen LogP contribution < -0.4 is 0 Å². The maximum absolute atomic E-state index is 12.1. The lowest BCUT2D eigenvalue weighted by molar-refractivity contribution is 0.0778. The van der Waals surface area contributed by atoms with Crippen LogP contribution >= 0.6 is 0 Å². The molecule has 0 radical (unpaired) electrons. The number of imidazole rings is 1. The van der Waals surface area contributed by atoms with E-state index in [1.165, 1.54) is 23.1 Å². The minimum absolute atomic E-state index is 0.0593. The number of carbonyl (C=O) groups is 1. The van der Waals surface area contributed by atoms with E-state index in [4.69, 9.17) is 0 Å². The molecule has 3 N–H and O–H groups in total. The highest BCUT2D eigenvalue weighted by molar-refractivity contribution is 5.97. The van der Waals surface area contributed by atoms with Gasteiger partial charge in [-0.2, -0.15) is 0 Å². The molecule has 6 heteroatoms. The first-order valence-corrected chi connectivity index (χ1v) is 5.34. The van der Waals surface area contributed by atoms with Crippen LogP contribution in [-0.4, -0.2) is 38.0 Å². The number of rotatable bonds is 3. The molecule has 0 saturated carbocycles. The summed E-state index contributed by atoms with van der Waals surface area (Å²) in [7, 11) is 1.59. The number of hydrogen-bond donors (Lipinski definition) is 3. The molecule has 1 heterocycles. The van der Waals surface area contributed by atoms with E-state index in [1.807, 2.05) is 0 Å². The van der Waals surface area contributed by atoms with Crippen LogP contribution in [0.15, 0.2) is 30.6 Å². The molecule has 2 rings (SSSR count). The van der Waals surface area contributed by atoms with Crippen LogP contribution in [0.3, 0.4) is 0 Å². The van der Waals surface area contributed by atoms with Gasteiger partial charge in [0, 0.05) is 19.4 Å². The molecule has 0 aliphatic rings. The second-order valence-electron chi connectivity index (χ2n) is 3.87. The van der Waals surface area contributed by atoms with Gasteiger partial charge in [0.05, 0.1) is 12.1 Å². The van der Waals surface area contributed by atoms with Crippen LogP contribution in [-0.2, 0) is 6.54 Å². The van der Waals surface area contributed by atoms with Crippen LogP contribution in [0.5, 0.6) is 11.5 Å². The molecule has 0 aliphatic carbocycles. The fourth-order valence-electron chi connectivity index (χ4n) is 1.59. The van der Waals surface area contributed by atoms with Crippen molar-refractivity contribution in [2.24, 2.45) is 0 Å². The Balaban J connectivity index is 2.18. The van der Waals surface area contributed by atoms with Crippen LogP contribution in [0.1, 0.15) is 16.2 Å². The number of nitrogens with one attached hydrogen (secondary N) is 1. The fraction of sp³-hybridized carbons (Fsp3) is 0.167. The lowest BCUT2D eigenvalue weighted by atomic mass is 10.1. The second-order valence-corrected chi connectivity index (χ2v) is 3.87. The number of aromatic hydroxyl groups is 2. The largest absolute Gasteiger partial charge is 0.504 e. The zero-order chi connectivity index (χ0) is 13.1. The number of carbonyl (C=O) groups excluding carboxylic acids is 1. The van der Waals surface area contributed by atoms with Crippen molar-refractivity contribution in [1.82, 2.24) is 14.9 Å². The van der Waals surface area contributed by atoms with Gasteiger partial charge >= 0.3 is 0 Å². The van der Waals surface area contributed by atoms with Crippen molar-refractivity contribution in [1.29, 1.82) is 0 Å². The van der Waals surface area contributed by atoms with Crippen molar-refractivity contribution < 1.29 is 15.0 Å². The zero-order valence-corrected chi connectivity index (χ0v) is 9.79. The molecule has 94 valence electrons. The van der Waals surface area contributed by atoms with Gasteiger partial charge < -0.3 is 20.1 Å². The number of H-pyrrole nitrogens is 1. The van der Waals surface area contributed by atoms with Gasteiger partial charge in [-0.15, -0.1) is 0 Å². The molecule has 0 bridgehead atoms. The molecule has 0 fully saturated rings. The summed E-state index contributed by atoms with van der Waals surface area (Å²) >= 11 is 0. The number of phenols is 2. The zero-order valence-electron chi connectivity index (χ0n) is 9.79. The molecule has 1 aromatic heterocycles. The number of para-hydroxylation sites is 1. The average molecular weight is 247 g/mol. The Hall–Kier alpha value is -2.50. The van der Waals surface area contributed by atoms with Gasteiger partial charge in [0.1, 0.15) is 5.82 Å². The summed E-state index contributed by atoms with van der Waals surface area (Å²) in [4.78, 5) is 20.3. The number of amides is 1. The third-order valence-electron chi connectivity index (χ3n) is 2.53. The Kier molecular flexibility index (Phi) is 3.18. The third-order valence-corrected chi connectivity index (χ3v) is 2.53. The van der Waals surface area contributed by atoms with E-state index in [0.717, 1.165) is 0 Å². The van der Waals surface area contributed by atoms with Gasteiger partial charge in [-0.3, -0.25) is 4.79 Å². The molecular weight excluding hydrogens is 234 g/mol. The summed E-state index contributed by atoms with van der Waals surface area (Å²) in [6.07, 6.45) is 3.26. The quantitative estimate of drug-likeness (QED) is 0.708. The van der Waals surface area contributed by atoms with Gasteiger partial charge in [-0.25, -0.2) is 4.98 Å². The van der Waals surface area contributed by atoms with Gasteiger partial charge in [-0.05, 0) is 12.1 Å². The summed E-state index contributed by atoms with van der Waals surface area (Å²) in [5, 5.41) is 19.0. The Morgan fingerprint density at radius 2 is 2.22 bits per heavy atom. The number of nitrogens with zero attached hydrogens (tertiary/aromatic N) is 2. The number of benzene rings is 1. The lowest BCUT2D eigenvalue weighted by Gasteiger charge is -2.16. The maximum atomic E-state index is 12.1. The van der Waals surface area contributed by atoms with Crippen LogP contribution in [0.2, 0.25) is 0 Å². The van der Waals surface area contributed by atoms with Crippen molar-refractivity contribution in [3.8, 4) is 11.5 Å². The van der Waals surface area contributed by atoms with Crippen LogP contribution in [0.25, 0.3) is 0 Å². The first kappa shape index (κ1) is 12.0. The molecule has 0 aliphatic heterocycles. The Morgan fingerprint density at radius 3 is 2.89 bits per heavy atom. The summed E-state index contributed by atoms with van der Waals surface area (Å²) in [6, 6.07) is 4.28. The topological polar surface area (TPSA) is 89.5 Å². The molecule has 1 amide bonds. The monoisotopic (exact) mass is 247 g/mol. The summed E-state index contributed by atoms with van der Waals surface area (Å²) in [6.45, 7) is 0.293. The SMILES string of the molecule is CN(Cc1ncc[nH]1)C(=O)c1cccc(O)c1O. The van der Waals surface area contributed by atoms with Crippen molar-refractivity contribution >= 4 is 5.91 Å². The molecule has 1 aromatic carbocycles. The molecular formula is C12H13N3O3. The first-order chi connectivity index (χ1) is 8.59. The minimum Gasteiger partial charge on any atom is -0.504 e. The van der Waals surface area contributed by atoms with Gasteiger partial charge in [-0.1, -0.05) is 6.07 Å². The van der Waals surface area contributed by atoms with E-state index < -0.39 is 5.75 Å². The van der Waals surface area contributed by atoms with Gasteiger partial charge in [0.15, 0.2) is 11.5 Å². The molecule has 0 saturated heterocycles. The highest BCUT2D eigenvalue weighted by atomic mass is 16.3. The van der Waals surface area contributed by atoms with Gasteiger partial charge in [0.25, 0.3) is 5.91 Å². The van der Waals surface area contributed by atoms with Gasteiger partial charge in [0.2, 0.25) is 0 Å². The van der Waals surface area contributed by atoms with Crippen molar-refractivity contribution in [2.75, 3.05) is 7.05 Å². The minimum atomic E-state index is -0.409. The molecule has 0 spiro atoms. The Bertz CT molecular complexity index is 552. The third kappa shape index (κ3) is 2.27. The lowest BCUT2D eigenvalue weighted by Crippen LogP contribution is -2.26. The van der Waals surface area contributed by atoms with E-state index in [9.17, 15) is 15.0 Å². The number of phenolic OH excluding ortho intramolecular Hbond substituents is 2. The Morgan fingerprint density at radius 1 is 1.44 bits per heavy atom. The van der Waals surface area contributed by atoms with E-state index in [0.29, 0.717) is 12.4 Å². The molecule has 0 unspecified atom stereocenters. The van der Waals surface area contributed by atoms with Crippen LogP contribution in [0, 0.1) is 0 Å². The second kappa shape index (κ2) is 4.79. The predicted octanol–water partition coefficient (Wildman–Crippen LogP) is 1.09. The van der Waals surface area contributed by atoms with E-state index in [1.54, 1.807) is 19.4 Å². The molecule has 6 nitrogen and oxygen atoms in total. The van der Waals surface area contributed by atoms with Crippen molar-refractivity contribution in [2.45, 2.75) is 6.54 Å². The summed E-state index contributed by atoms with van der Waals surface area (Å²) in [5.41, 5.74) is 0.0593. The standard InChI is InChI=1S/C12H13N3O3/c1-15(7-10-13-5-6-14-10)12(18)8-3-2-4-9(16)11(8)17/h2-6,16-17H,7H2,1H3,(H,13,14). The summed E-state index contributed by atoms with van der Waals surface area (Å²) < 4.78 is 0.